The Bertz CT molecular complexity index is 1480. The number of phosphoric acid groups is 1. The Hall–Kier alpha value is -3.33. The van der Waals surface area contributed by atoms with Crippen molar-refractivity contribution in [2.45, 2.75) is 219 Å². The van der Waals surface area contributed by atoms with Crippen molar-refractivity contribution in [3.8, 4) is 0 Å². The molecule has 0 radical (unpaired) electrons. The predicted molar refractivity (Wildman–Crippen MR) is 288 cm³/mol. The molecule has 68 heavy (non-hydrogen) atoms. The molecule has 2 unspecified atom stereocenters. The third-order valence-corrected chi connectivity index (χ3v) is 11.9. The van der Waals surface area contributed by atoms with E-state index in [1.165, 1.54) is 64.2 Å². The molecule has 2 atom stereocenters. The van der Waals surface area contributed by atoms with Gasteiger partial charge in [0.2, 0.25) is 0 Å². The summed E-state index contributed by atoms with van der Waals surface area (Å²) in [6.45, 7) is 3.58. The fraction of sp³-hybridized carbons (Fsp3) is 0.655. The summed E-state index contributed by atoms with van der Waals surface area (Å²) >= 11 is 0. The van der Waals surface area contributed by atoms with E-state index in [4.69, 9.17) is 24.3 Å². The van der Waals surface area contributed by atoms with Crippen LogP contribution in [0.15, 0.2) is 109 Å². The Balaban J connectivity index is 4.04. The van der Waals surface area contributed by atoms with Gasteiger partial charge in [-0.05, 0) is 103 Å². The zero-order valence-corrected chi connectivity index (χ0v) is 43.9. The summed E-state index contributed by atoms with van der Waals surface area (Å²) in [5, 5.41) is 0. The fourth-order valence-corrected chi connectivity index (χ4v) is 7.70. The van der Waals surface area contributed by atoms with E-state index < -0.39 is 32.5 Å². The maximum atomic E-state index is 12.7. The van der Waals surface area contributed by atoms with Crippen LogP contribution in [0.4, 0.5) is 0 Å². The van der Waals surface area contributed by atoms with Crippen LogP contribution in [-0.2, 0) is 32.7 Å². The van der Waals surface area contributed by atoms with Gasteiger partial charge < -0.3 is 20.1 Å². The Labute approximate surface area is 416 Å². The SMILES string of the molecule is CC/C=C\C/C=C\C/C=C\C/C=C\C/C=C\C/C=C\C/C=C\C/C=C\CCCCCCCCCCC(=O)OC(COC(=O)CCCCCCC/C=C\CCCCCCC)COP(=O)(O)OCCN. The molecular formula is C58H98NO8P. The number of nitrogens with two attached hydrogens (primary N) is 1. The summed E-state index contributed by atoms with van der Waals surface area (Å²) in [6.07, 6.45) is 71.3. The molecule has 0 aliphatic rings. The van der Waals surface area contributed by atoms with Crippen LogP contribution >= 0.6 is 7.82 Å². The molecule has 0 rings (SSSR count). The average molecular weight is 968 g/mol. The number of carbonyl (C=O) groups is 2. The summed E-state index contributed by atoms with van der Waals surface area (Å²) in [5.41, 5.74) is 5.37. The van der Waals surface area contributed by atoms with Crippen molar-refractivity contribution in [3.05, 3.63) is 109 Å². The highest BCUT2D eigenvalue weighted by atomic mass is 31.2. The molecule has 0 amide bonds. The number of carbonyl (C=O) groups excluding carboxylic acids is 2. The lowest BCUT2D eigenvalue weighted by Gasteiger charge is -2.19. The number of hydrogen-bond acceptors (Lipinski definition) is 8. The summed E-state index contributed by atoms with van der Waals surface area (Å²) in [4.78, 5) is 35.0. The van der Waals surface area contributed by atoms with E-state index in [9.17, 15) is 19.0 Å². The second-order valence-corrected chi connectivity index (χ2v) is 18.8. The van der Waals surface area contributed by atoms with Crippen molar-refractivity contribution in [1.82, 2.24) is 0 Å². The van der Waals surface area contributed by atoms with Crippen molar-refractivity contribution in [2.24, 2.45) is 5.73 Å². The fourth-order valence-electron chi connectivity index (χ4n) is 6.94. The number of allylic oxidation sites excluding steroid dienone is 18. The predicted octanol–water partition coefficient (Wildman–Crippen LogP) is 16.7. The highest BCUT2D eigenvalue weighted by molar-refractivity contribution is 7.47. The Kier molecular flexibility index (Phi) is 50.4. The molecule has 0 heterocycles. The maximum absolute atomic E-state index is 12.7. The number of rotatable bonds is 49. The standard InChI is InChI=1S/C58H98NO8P/c1-3-5-7-9-11-13-15-17-19-20-21-22-23-24-25-26-27-28-29-30-31-32-33-34-35-36-37-39-41-43-45-47-49-51-58(61)67-56(55-66-68(62,63)65-53-52-59)54-64-57(60)50-48-46-44-42-40-38-18-16-14-12-10-8-6-4-2/h5,7,11,13,16-19,21-22,24-25,27-28,30-31,33-34,56H,3-4,6,8-10,12,14-15,20,23,26,29,32,35-55,59H2,1-2H3,(H,62,63)/b7-5-,13-11-,18-16-,19-17-,22-21-,25-24-,28-27-,31-30-,34-33-. The Morgan fingerprint density at radius 3 is 1.22 bits per heavy atom. The number of phosphoric ester groups is 1. The number of ether oxygens (including phenoxy) is 2. The molecule has 0 fully saturated rings. The zero-order chi connectivity index (χ0) is 49.5. The van der Waals surface area contributed by atoms with Crippen molar-refractivity contribution in [1.29, 1.82) is 0 Å². The molecule has 0 aliphatic heterocycles. The lowest BCUT2D eigenvalue weighted by atomic mass is 10.1. The first kappa shape index (κ1) is 64.7. The number of esters is 2. The highest BCUT2D eigenvalue weighted by Gasteiger charge is 2.26. The summed E-state index contributed by atoms with van der Waals surface area (Å²) in [7, 11) is -4.39. The van der Waals surface area contributed by atoms with Gasteiger partial charge in [-0.1, -0.05) is 207 Å². The summed E-state index contributed by atoms with van der Waals surface area (Å²) in [6, 6.07) is 0. The Morgan fingerprint density at radius 1 is 0.456 bits per heavy atom. The maximum Gasteiger partial charge on any atom is 0.472 e. The van der Waals surface area contributed by atoms with Crippen LogP contribution < -0.4 is 5.73 Å². The van der Waals surface area contributed by atoms with E-state index >= 15 is 0 Å². The van der Waals surface area contributed by atoms with Gasteiger partial charge >= 0.3 is 19.8 Å². The highest BCUT2D eigenvalue weighted by Crippen LogP contribution is 2.43. The van der Waals surface area contributed by atoms with Gasteiger partial charge in [0.15, 0.2) is 6.10 Å². The third kappa shape index (κ3) is 52.0. The molecule has 3 N–H and O–H groups in total. The van der Waals surface area contributed by atoms with Crippen LogP contribution in [0.5, 0.6) is 0 Å². The first-order valence-corrected chi connectivity index (χ1v) is 28.4. The van der Waals surface area contributed by atoms with Crippen LogP contribution in [0, 0.1) is 0 Å². The van der Waals surface area contributed by atoms with Gasteiger partial charge in [0.05, 0.1) is 13.2 Å². The molecule has 0 spiro atoms. The minimum absolute atomic E-state index is 0.0458. The van der Waals surface area contributed by atoms with Crippen LogP contribution in [0.1, 0.15) is 213 Å². The van der Waals surface area contributed by atoms with Gasteiger partial charge in [0.25, 0.3) is 0 Å². The minimum Gasteiger partial charge on any atom is -0.462 e. The van der Waals surface area contributed by atoms with E-state index in [1.54, 1.807) is 0 Å². The molecule has 0 bridgehead atoms. The average Bonchev–Trinajstić information content (AvgIpc) is 3.33. The normalized spacial score (nSPS) is 14.0. The van der Waals surface area contributed by atoms with E-state index in [1.807, 2.05) is 0 Å². The molecule has 0 saturated carbocycles. The lowest BCUT2D eigenvalue weighted by Crippen LogP contribution is -2.29. The summed E-state index contributed by atoms with van der Waals surface area (Å²) in [5.74, 6) is -0.854. The third-order valence-electron chi connectivity index (χ3n) is 10.9. The van der Waals surface area contributed by atoms with Gasteiger partial charge in [0.1, 0.15) is 6.61 Å². The van der Waals surface area contributed by atoms with Crippen LogP contribution in [0.3, 0.4) is 0 Å². The quantitative estimate of drug-likeness (QED) is 0.0264. The van der Waals surface area contributed by atoms with Crippen molar-refractivity contribution in [2.75, 3.05) is 26.4 Å². The molecule has 0 aromatic heterocycles. The van der Waals surface area contributed by atoms with E-state index in [2.05, 4.69) is 123 Å². The van der Waals surface area contributed by atoms with Crippen LogP contribution in [-0.4, -0.2) is 49.3 Å². The van der Waals surface area contributed by atoms with Gasteiger partial charge in [0, 0.05) is 19.4 Å². The topological polar surface area (TPSA) is 134 Å². The summed E-state index contributed by atoms with van der Waals surface area (Å²) < 4.78 is 32.9. The first-order chi connectivity index (χ1) is 33.3. The van der Waals surface area contributed by atoms with Crippen molar-refractivity contribution in [3.63, 3.8) is 0 Å². The van der Waals surface area contributed by atoms with Crippen LogP contribution in [0.2, 0.25) is 0 Å². The van der Waals surface area contributed by atoms with Gasteiger partial charge in [-0.2, -0.15) is 0 Å². The number of unbranched alkanes of at least 4 members (excludes halogenated alkanes) is 18. The monoisotopic (exact) mass is 968 g/mol. The van der Waals surface area contributed by atoms with Gasteiger partial charge in [-0.25, -0.2) is 4.57 Å². The molecule has 0 aromatic carbocycles. The molecule has 10 heteroatoms. The largest absolute Gasteiger partial charge is 0.472 e. The molecule has 388 valence electrons. The second-order valence-electron chi connectivity index (χ2n) is 17.4. The second kappa shape index (κ2) is 53.0. The van der Waals surface area contributed by atoms with Gasteiger partial charge in [-0.15, -0.1) is 0 Å². The van der Waals surface area contributed by atoms with Crippen molar-refractivity contribution < 1.29 is 37.6 Å². The van der Waals surface area contributed by atoms with Gasteiger partial charge in [-0.3, -0.25) is 18.6 Å². The first-order valence-electron chi connectivity index (χ1n) is 26.9. The molecule has 0 aromatic rings. The lowest BCUT2D eigenvalue weighted by molar-refractivity contribution is -0.161. The molecule has 0 aliphatic carbocycles. The van der Waals surface area contributed by atoms with E-state index in [-0.39, 0.29) is 32.6 Å². The van der Waals surface area contributed by atoms with Crippen LogP contribution in [0.25, 0.3) is 0 Å². The van der Waals surface area contributed by atoms with Crippen molar-refractivity contribution >= 4 is 19.8 Å². The number of hydrogen-bond donors (Lipinski definition) is 2. The Morgan fingerprint density at radius 2 is 0.809 bits per heavy atom. The minimum atomic E-state index is -4.39. The van der Waals surface area contributed by atoms with E-state index in [0.717, 1.165) is 116 Å². The molecule has 9 nitrogen and oxygen atoms in total. The molecular weight excluding hydrogens is 870 g/mol. The van der Waals surface area contributed by atoms with E-state index in [0.29, 0.717) is 6.42 Å². The zero-order valence-electron chi connectivity index (χ0n) is 43.0. The molecule has 0 saturated heterocycles. The smallest absolute Gasteiger partial charge is 0.462 e.